The van der Waals surface area contributed by atoms with E-state index in [-0.39, 0.29) is 23.2 Å². The molecule has 36 heavy (non-hydrogen) atoms. The number of carbonyl (C=O) groups is 1. The summed E-state index contributed by atoms with van der Waals surface area (Å²) in [5, 5.41) is 4.15. The van der Waals surface area contributed by atoms with Gasteiger partial charge in [-0.3, -0.25) is 9.59 Å². The highest BCUT2D eigenvalue weighted by Gasteiger charge is 2.26. The van der Waals surface area contributed by atoms with Crippen LogP contribution in [0, 0.1) is 11.7 Å². The number of hydrogen-bond acceptors (Lipinski definition) is 5. The molecule has 0 saturated heterocycles. The number of benzene rings is 2. The highest BCUT2D eigenvalue weighted by atomic mass is 19.1. The van der Waals surface area contributed by atoms with Crippen LogP contribution in [0.4, 0.5) is 4.39 Å². The fourth-order valence-electron chi connectivity index (χ4n) is 4.03. The number of hydrogen-bond donors (Lipinski definition) is 2. The number of nitrogens with one attached hydrogen (secondary N) is 2. The molecule has 2 N–H and O–H groups in total. The van der Waals surface area contributed by atoms with Crippen LogP contribution >= 0.6 is 0 Å². The van der Waals surface area contributed by atoms with Crippen molar-refractivity contribution >= 4 is 16.7 Å². The Morgan fingerprint density at radius 3 is 2.47 bits per heavy atom. The summed E-state index contributed by atoms with van der Waals surface area (Å²) >= 11 is 0. The quantitative estimate of drug-likeness (QED) is 0.351. The molecule has 0 radical (unpaired) electrons. The molecule has 0 fully saturated rings. The molecular formula is C28H36FN3O4. The summed E-state index contributed by atoms with van der Waals surface area (Å²) in [4.78, 5) is 30.8. The van der Waals surface area contributed by atoms with Crippen molar-refractivity contribution in [2.45, 2.75) is 19.8 Å². The molecule has 1 aromatic heterocycles. The molecule has 0 aliphatic heterocycles. The summed E-state index contributed by atoms with van der Waals surface area (Å²) in [6.07, 6.45) is 0. The van der Waals surface area contributed by atoms with Crippen molar-refractivity contribution in [2.75, 3.05) is 53.6 Å². The Kier molecular flexibility index (Phi) is 10.2. The second-order valence-electron chi connectivity index (χ2n) is 9.37. The maximum atomic E-state index is 14.2. The molecule has 194 valence electrons. The number of fused-ring (bicyclic) bond motifs is 1. The van der Waals surface area contributed by atoms with Gasteiger partial charge in [0.2, 0.25) is 5.91 Å². The van der Waals surface area contributed by atoms with E-state index in [1.54, 1.807) is 24.3 Å². The third kappa shape index (κ3) is 7.46. The smallest absolute Gasteiger partial charge is 0.252 e. The normalized spacial score (nSPS) is 12.4. The molecule has 0 spiro atoms. The second-order valence-corrected chi connectivity index (χ2v) is 9.37. The Labute approximate surface area is 211 Å². The largest absolute Gasteiger partial charge is 0.378 e. The third-order valence-corrected chi connectivity index (χ3v) is 5.96. The number of amides is 1. The number of aromatic amines is 1. The maximum Gasteiger partial charge on any atom is 0.252 e. The van der Waals surface area contributed by atoms with E-state index in [1.807, 2.05) is 51.0 Å². The van der Waals surface area contributed by atoms with Gasteiger partial charge in [-0.05, 0) is 49.2 Å². The molecule has 1 amide bonds. The van der Waals surface area contributed by atoms with Crippen LogP contribution in [-0.2, 0) is 14.3 Å². The number of rotatable bonds is 13. The summed E-state index contributed by atoms with van der Waals surface area (Å²) < 4.78 is 25.2. The third-order valence-electron chi connectivity index (χ3n) is 5.96. The summed E-state index contributed by atoms with van der Waals surface area (Å²) in [7, 11) is 3.98. The second kappa shape index (κ2) is 13.3. The van der Waals surface area contributed by atoms with E-state index in [0.29, 0.717) is 55.2 Å². The lowest BCUT2D eigenvalue weighted by molar-refractivity contribution is -0.123. The van der Waals surface area contributed by atoms with E-state index < -0.39 is 5.92 Å². The molecule has 1 heterocycles. The monoisotopic (exact) mass is 497 g/mol. The number of ether oxygens (including phenoxy) is 2. The molecule has 8 heteroatoms. The Balaban J connectivity index is 1.60. The molecule has 3 rings (SSSR count). The number of carbonyl (C=O) groups excluding carboxylic acids is 1. The van der Waals surface area contributed by atoms with Crippen molar-refractivity contribution in [1.29, 1.82) is 0 Å². The Bertz CT molecular complexity index is 1210. The lowest BCUT2D eigenvalue weighted by Gasteiger charge is -2.20. The molecule has 7 nitrogen and oxygen atoms in total. The lowest BCUT2D eigenvalue weighted by Crippen LogP contribution is -2.36. The van der Waals surface area contributed by atoms with E-state index in [4.69, 9.17) is 9.47 Å². The van der Waals surface area contributed by atoms with Crippen LogP contribution in [0.2, 0.25) is 0 Å². The van der Waals surface area contributed by atoms with Gasteiger partial charge in [0.1, 0.15) is 5.82 Å². The van der Waals surface area contributed by atoms with Gasteiger partial charge < -0.3 is 24.7 Å². The Hall–Kier alpha value is -3.07. The minimum Gasteiger partial charge on any atom is -0.378 e. The molecule has 0 aliphatic rings. The average Bonchev–Trinajstić information content (AvgIpc) is 2.84. The van der Waals surface area contributed by atoms with Crippen LogP contribution in [0.3, 0.4) is 0 Å². The van der Waals surface area contributed by atoms with Crippen LogP contribution in [0.1, 0.15) is 25.3 Å². The predicted octanol–water partition coefficient (Wildman–Crippen LogP) is 3.78. The standard InChI is InChI=1S/C28H36FN3O4/c1-19(2)26(28(34)30-12-14-35-16-17-36-15-13-32(3)4)22-10-11-25(31-27(22)33)21-9-8-20-6-5-7-24(29)23(20)18-21/h5-11,18-19,26H,12-17H2,1-4H3,(H,30,34)(H,31,33). The van der Waals surface area contributed by atoms with Gasteiger partial charge in [-0.15, -0.1) is 0 Å². The molecule has 0 bridgehead atoms. The van der Waals surface area contributed by atoms with Crippen LogP contribution in [0.15, 0.2) is 53.3 Å². The van der Waals surface area contributed by atoms with Gasteiger partial charge in [0, 0.05) is 29.7 Å². The topological polar surface area (TPSA) is 83.7 Å². The summed E-state index contributed by atoms with van der Waals surface area (Å²) in [6.45, 7) is 6.98. The first-order valence-electron chi connectivity index (χ1n) is 12.3. The highest BCUT2D eigenvalue weighted by molar-refractivity contribution is 5.87. The van der Waals surface area contributed by atoms with Crippen molar-refractivity contribution in [2.24, 2.45) is 5.92 Å². The van der Waals surface area contributed by atoms with Gasteiger partial charge in [-0.25, -0.2) is 4.39 Å². The van der Waals surface area contributed by atoms with Gasteiger partial charge in [-0.2, -0.15) is 0 Å². The minimum absolute atomic E-state index is 0.0854. The number of H-pyrrole nitrogens is 1. The van der Waals surface area contributed by atoms with Crippen molar-refractivity contribution in [3.05, 3.63) is 70.3 Å². The van der Waals surface area contributed by atoms with E-state index in [1.165, 1.54) is 6.07 Å². The molecule has 3 aromatic rings. The fourth-order valence-corrected chi connectivity index (χ4v) is 4.03. The number of nitrogens with zero attached hydrogens (tertiary/aromatic N) is 1. The predicted molar refractivity (Wildman–Crippen MR) is 141 cm³/mol. The van der Waals surface area contributed by atoms with Crippen LogP contribution < -0.4 is 10.9 Å². The van der Waals surface area contributed by atoms with Crippen molar-refractivity contribution < 1.29 is 18.7 Å². The fraction of sp³-hybridized carbons (Fsp3) is 0.429. The summed E-state index contributed by atoms with van der Waals surface area (Å²) in [5.41, 5.74) is 1.33. The summed E-state index contributed by atoms with van der Waals surface area (Å²) in [5.74, 6) is -1.23. The van der Waals surface area contributed by atoms with Gasteiger partial charge in [-0.1, -0.05) is 44.2 Å². The van der Waals surface area contributed by atoms with Gasteiger partial charge in [0.15, 0.2) is 0 Å². The SMILES string of the molecule is CC(C)C(C(=O)NCCOCCOCCN(C)C)c1ccc(-c2ccc3cccc(F)c3c2)[nH]c1=O. The molecular weight excluding hydrogens is 461 g/mol. The van der Waals surface area contributed by atoms with E-state index in [9.17, 15) is 14.0 Å². The minimum atomic E-state index is -0.605. The van der Waals surface area contributed by atoms with Gasteiger partial charge >= 0.3 is 0 Å². The van der Waals surface area contributed by atoms with E-state index >= 15 is 0 Å². The van der Waals surface area contributed by atoms with Crippen molar-refractivity contribution in [3.8, 4) is 11.3 Å². The van der Waals surface area contributed by atoms with Crippen LogP contribution in [0.5, 0.6) is 0 Å². The Morgan fingerprint density at radius 1 is 1.03 bits per heavy atom. The number of pyridine rings is 1. The van der Waals surface area contributed by atoms with E-state index in [2.05, 4.69) is 10.3 Å². The molecule has 1 unspecified atom stereocenters. The lowest BCUT2D eigenvalue weighted by atomic mass is 9.88. The van der Waals surface area contributed by atoms with E-state index in [0.717, 1.165) is 11.9 Å². The molecule has 1 atom stereocenters. The zero-order chi connectivity index (χ0) is 26.1. The molecule has 2 aromatic carbocycles. The zero-order valence-corrected chi connectivity index (χ0v) is 21.5. The number of halogens is 1. The zero-order valence-electron chi connectivity index (χ0n) is 21.5. The first-order chi connectivity index (χ1) is 17.3. The van der Waals surface area contributed by atoms with Crippen LogP contribution in [0.25, 0.3) is 22.0 Å². The van der Waals surface area contributed by atoms with Crippen LogP contribution in [-0.4, -0.2) is 69.4 Å². The van der Waals surface area contributed by atoms with Gasteiger partial charge in [0.25, 0.3) is 5.56 Å². The Morgan fingerprint density at radius 2 is 1.78 bits per heavy atom. The maximum absolute atomic E-state index is 14.2. The van der Waals surface area contributed by atoms with Crippen molar-refractivity contribution in [3.63, 3.8) is 0 Å². The van der Waals surface area contributed by atoms with Gasteiger partial charge in [0.05, 0.1) is 32.3 Å². The highest BCUT2D eigenvalue weighted by Crippen LogP contribution is 2.26. The number of aromatic nitrogens is 1. The molecule has 0 saturated carbocycles. The summed E-state index contributed by atoms with van der Waals surface area (Å²) in [6, 6.07) is 13.7. The number of likely N-dealkylation sites (N-methyl/N-ethyl adjacent to an activating group) is 1. The average molecular weight is 498 g/mol. The first kappa shape index (κ1) is 27.5. The molecule has 0 aliphatic carbocycles. The first-order valence-corrected chi connectivity index (χ1v) is 12.3. The van der Waals surface area contributed by atoms with Crippen molar-refractivity contribution in [1.82, 2.24) is 15.2 Å².